The van der Waals surface area contributed by atoms with Gasteiger partial charge in [0, 0.05) is 25.8 Å². The maximum absolute atomic E-state index is 12.3. The fourth-order valence-electron chi connectivity index (χ4n) is 3.20. The maximum atomic E-state index is 12.3. The average Bonchev–Trinajstić information content (AvgIpc) is 3.22. The smallest absolute Gasteiger partial charge is 0.321 e. The molecule has 2 saturated heterocycles. The average molecular weight is 314 g/mol. The highest BCUT2D eigenvalue weighted by Crippen LogP contribution is 2.32. The zero-order chi connectivity index (χ0) is 16.1. The van der Waals surface area contributed by atoms with E-state index in [1.807, 2.05) is 0 Å². The number of fused-ring (bicyclic) bond motifs is 2. The van der Waals surface area contributed by atoms with Crippen molar-refractivity contribution < 1.29 is 14.4 Å². The molecule has 0 saturated carbocycles. The Morgan fingerprint density at radius 3 is 2.52 bits per heavy atom. The van der Waals surface area contributed by atoms with Crippen LogP contribution in [0.1, 0.15) is 0 Å². The van der Waals surface area contributed by atoms with E-state index in [4.69, 9.17) is 0 Å². The first kappa shape index (κ1) is 13.7. The number of aromatic amines is 1. The molecule has 9 heteroatoms. The number of anilines is 1. The number of imide groups is 1. The number of urea groups is 1. The summed E-state index contributed by atoms with van der Waals surface area (Å²) in [5, 5.41) is 13.2. The Labute approximate surface area is 130 Å². The van der Waals surface area contributed by atoms with E-state index < -0.39 is 11.8 Å². The normalized spacial score (nSPS) is 23.7. The lowest BCUT2D eigenvalue weighted by atomic mass is 10.00. The van der Waals surface area contributed by atoms with E-state index in [9.17, 15) is 14.4 Å². The molecule has 2 aliphatic rings. The monoisotopic (exact) mass is 314 g/mol. The summed E-state index contributed by atoms with van der Waals surface area (Å²) in [6.07, 6.45) is 0. The Kier molecular flexibility index (Phi) is 2.83. The predicted octanol–water partition coefficient (Wildman–Crippen LogP) is 0.0364. The van der Waals surface area contributed by atoms with Crippen molar-refractivity contribution in [3.05, 3.63) is 18.2 Å². The highest BCUT2D eigenvalue weighted by atomic mass is 16.2. The number of H-pyrrole nitrogens is 1. The van der Waals surface area contributed by atoms with Crippen molar-refractivity contribution in [1.29, 1.82) is 0 Å². The van der Waals surface area contributed by atoms with Crippen molar-refractivity contribution in [2.45, 2.75) is 0 Å². The molecule has 0 unspecified atom stereocenters. The Hall–Kier alpha value is -2.97. The number of aromatic nitrogens is 3. The van der Waals surface area contributed by atoms with Gasteiger partial charge in [0.1, 0.15) is 11.0 Å². The number of amides is 4. The van der Waals surface area contributed by atoms with Gasteiger partial charge in [-0.15, -0.1) is 0 Å². The standard InChI is InChI=1S/C14H14N6O3/c1-19-12(21)8-5-20(6-9(8)13(19)22)14(23)15-7-2-3-10-11(4-7)17-18-16-10/h2-4,8-9H,5-6H2,1H3,(H,15,23)(H,16,17,18)/t8-,9+. The zero-order valence-electron chi connectivity index (χ0n) is 12.3. The third-order valence-corrected chi connectivity index (χ3v) is 4.47. The number of nitrogens with zero attached hydrogens (tertiary/aromatic N) is 4. The molecule has 2 N–H and O–H groups in total. The number of hydrogen-bond donors (Lipinski definition) is 2. The number of benzene rings is 1. The third-order valence-electron chi connectivity index (χ3n) is 4.47. The van der Waals surface area contributed by atoms with E-state index >= 15 is 0 Å². The summed E-state index contributed by atoms with van der Waals surface area (Å²) < 4.78 is 0. The third kappa shape index (κ3) is 2.04. The van der Waals surface area contributed by atoms with Crippen LogP contribution in [0.5, 0.6) is 0 Å². The lowest BCUT2D eigenvalue weighted by Crippen LogP contribution is -2.38. The van der Waals surface area contributed by atoms with E-state index in [1.54, 1.807) is 18.2 Å². The van der Waals surface area contributed by atoms with Crippen LogP contribution in [0, 0.1) is 11.8 Å². The van der Waals surface area contributed by atoms with Crippen molar-refractivity contribution in [2.75, 3.05) is 25.5 Å². The summed E-state index contributed by atoms with van der Waals surface area (Å²) in [6.45, 7) is 0.523. The van der Waals surface area contributed by atoms with E-state index in [0.717, 1.165) is 4.90 Å². The minimum absolute atomic E-state index is 0.209. The molecule has 0 bridgehead atoms. The molecule has 2 aliphatic heterocycles. The van der Waals surface area contributed by atoms with Crippen molar-refractivity contribution >= 4 is 34.6 Å². The van der Waals surface area contributed by atoms with Crippen molar-refractivity contribution in [2.24, 2.45) is 11.8 Å². The van der Waals surface area contributed by atoms with Gasteiger partial charge >= 0.3 is 6.03 Å². The molecule has 2 fully saturated rings. The van der Waals surface area contributed by atoms with Crippen LogP contribution in [-0.2, 0) is 9.59 Å². The van der Waals surface area contributed by atoms with Gasteiger partial charge in [0.2, 0.25) is 11.8 Å². The lowest BCUT2D eigenvalue weighted by Gasteiger charge is -2.19. The van der Waals surface area contributed by atoms with Gasteiger partial charge in [0.05, 0.1) is 11.8 Å². The predicted molar refractivity (Wildman–Crippen MR) is 79.2 cm³/mol. The van der Waals surface area contributed by atoms with Gasteiger partial charge in [0.25, 0.3) is 0 Å². The van der Waals surface area contributed by atoms with E-state index in [2.05, 4.69) is 20.7 Å². The quantitative estimate of drug-likeness (QED) is 0.722. The number of carbonyl (C=O) groups excluding carboxylic acids is 3. The Morgan fingerprint density at radius 1 is 1.17 bits per heavy atom. The van der Waals surface area contributed by atoms with Crippen LogP contribution in [0.2, 0.25) is 0 Å². The van der Waals surface area contributed by atoms with Gasteiger partial charge in [-0.25, -0.2) is 4.79 Å². The van der Waals surface area contributed by atoms with Gasteiger partial charge in [-0.2, -0.15) is 15.4 Å². The molecule has 0 spiro atoms. The van der Waals surface area contributed by atoms with Gasteiger partial charge in [0.15, 0.2) is 0 Å². The minimum atomic E-state index is -0.420. The summed E-state index contributed by atoms with van der Waals surface area (Å²) in [4.78, 5) is 38.9. The molecule has 1 aromatic heterocycles. The first-order valence-corrected chi connectivity index (χ1v) is 7.22. The zero-order valence-corrected chi connectivity index (χ0v) is 12.3. The molecule has 2 aromatic rings. The molecule has 4 rings (SSSR count). The number of carbonyl (C=O) groups is 3. The first-order valence-electron chi connectivity index (χ1n) is 7.22. The van der Waals surface area contributed by atoms with E-state index in [-0.39, 0.29) is 30.9 Å². The minimum Gasteiger partial charge on any atom is -0.323 e. The summed E-state index contributed by atoms with van der Waals surface area (Å²) >= 11 is 0. The number of rotatable bonds is 1. The van der Waals surface area contributed by atoms with Crippen LogP contribution < -0.4 is 5.32 Å². The molecular weight excluding hydrogens is 300 g/mol. The van der Waals surface area contributed by atoms with E-state index in [0.29, 0.717) is 16.7 Å². The Balaban J connectivity index is 1.48. The van der Waals surface area contributed by atoms with Crippen LogP contribution in [0.3, 0.4) is 0 Å². The molecule has 118 valence electrons. The highest BCUT2D eigenvalue weighted by molar-refractivity contribution is 6.06. The van der Waals surface area contributed by atoms with Gasteiger partial charge < -0.3 is 10.2 Å². The van der Waals surface area contributed by atoms with Crippen LogP contribution >= 0.6 is 0 Å². The summed E-state index contributed by atoms with van der Waals surface area (Å²) in [7, 11) is 1.49. The van der Waals surface area contributed by atoms with Gasteiger partial charge in [-0.05, 0) is 18.2 Å². The molecule has 9 nitrogen and oxygen atoms in total. The second kappa shape index (κ2) is 4.77. The second-order valence-electron chi connectivity index (χ2n) is 5.81. The summed E-state index contributed by atoms with van der Waals surface area (Å²) in [5.41, 5.74) is 1.94. The van der Waals surface area contributed by atoms with Crippen molar-refractivity contribution in [3.63, 3.8) is 0 Å². The Bertz CT molecular complexity index is 807. The fourth-order valence-corrected chi connectivity index (χ4v) is 3.20. The fraction of sp³-hybridized carbons (Fsp3) is 0.357. The van der Waals surface area contributed by atoms with E-state index in [1.165, 1.54) is 11.9 Å². The molecule has 3 heterocycles. The largest absolute Gasteiger partial charge is 0.323 e. The SMILES string of the molecule is CN1C(=O)[C@H]2CN(C(=O)Nc3ccc4n[nH]nc4c3)C[C@H]2C1=O. The Morgan fingerprint density at radius 2 is 1.83 bits per heavy atom. The second-order valence-corrected chi connectivity index (χ2v) is 5.81. The van der Waals surface area contributed by atoms with Crippen LogP contribution in [-0.4, -0.2) is 63.2 Å². The molecule has 1 aromatic carbocycles. The number of nitrogens with one attached hydrogen (secondary N) is 2. The first-order chi connectivity index (χ1) is 11.0. The van der Waals surface area contributed by atoms with Crippen LogP contribution in [0.4, 0.5) is 10.5 Å². The highest BCUT2D eigenvalue weighted by Gasteiger charge is 2.51. The number of likely N-dealkylation sites (tertiary alicyclic amines) is 2. The van der Waals surface area contributed by atoms with Crippen molar-refractivity contribution in [3.8, 4) is 0 Å². The van der Waals surface area contributed by atoms with Crippen LogP contribution in [0.25, 0.3) is 11.0 Å². The topological polar surface area (TPSA) is 111 Å². The molecule has 2 atom stereocenters. The van der Waals surface area contributed by atoms with Gasteiger partial charge in [-0.3, -0.25) is 14.5 Å². The molecule has 0 radical (unpaired) electrons. The molecule has 23 heavy (non-hydrogen) atoms. The molecular formula is C14H14N6O3. The maximum Gasteiger partial charge on any atom is 0.321 e. The number of hydrogen-bond acceptors (Lipinski definition) is 5. The molecule has 0 aliphatic carbocycles. The molecule has 4 amide bonds. The summed E-state index contributed by atoms with van der Waals surface area (Å²) in [6, 6.07) is 4.85. The lowest BCUT2D eigenvalue weighted by molar-refractivity contribution is -0.138. The summed E-state index contributed by atoms with van der Waals surface area (Å²) in [5.74, 6) is -1.26. The van der Waals surface area contributed by atoms with Crippen molar-refractivity contribution in [1.82, 2.24) is 25.2 Å². The van der Waals surface area contributed by atoms with Crippen LogP contribution in [0.15, 0.2) is 18.2 Å². The van der Waals surface area contributed by atoms with Gasteiger partial charge in [-0.1, -0.05) is 0 Å².